The number of likely N-dealkylation sites (N-methyl/N-ethyl adjacent to an activating group) is 1. The summed E-state index contributed by atoms with van der Waals surface area (Å²) in [6.45, 7) is 9.50. The third-order valence-electron chi connectivity index (χ3n) is 7.35. The fourth-order valence-corrected chi connectivity index (χ4v) is 5.13. The molecule has 3 atom stereocenters. The van der Waals surface area contributed by atoms with Gasteiger partial charge in [-0.2, -0.15) is 0 Å². The lowest BCUT2D eigenvalue weighted by Crippen LogP contribution is -2.64. The highest BCUT2D eigenvalue weighted by atomic mass is 16.5. The van der Waals surface area contributed by atoms with Gasteiger partial charge in [-0.1, -0.05) is 51.1 Å². The van der Waals surface area contributed by atoms with Gasteiger partial charge in [0.25, 0.3) is 0 Å². The number of carbonyl (C=O) groups excluding carboxylic acids is 1. The first-order valence-electron chi connectivity index (χ1n) is 11.0. The summed E-state index contributed by atoms with van der Waals surface area (Å²) in [5.74, 6) is -0.388. The van der Waals surface area contributed by atoms with Crippen molar-refractivity contribution < 1.29 is 14.6 Å². The Hall–Kier alpha value is -2.17. The van der Waals surface area contributed by atoms with Crippen molar-refractivity contribution in [3.8, 4) is 0 Å². The summed E-state index contributed by atoms with van der Waals surface area (Å²) in [5, 5.41) is 12.5. The van der Waals surface area contributed by atoms with Gasteiger partial charge in [0, 0.05) is 11.5 Å². The lowest BCUT2D eigenvalue weighted by molar-refractivity contribution is -0.128. The minimum atomic E-state index is -1.17. The molecule has 1 aliphatic heterocycles. The Labute approximate surface area is 180 Å². The lowest BCUT2D eigenvalue weighted by Gasteiger charge is -2.56. The van der Waals surface area contributed by atoms with Gasteiger partial charge in [0.05, 0.1) is 12.7 Å². The van der Waals surface area contributed by atoms with E-state index in [-0.39, 0.29) is 12.0 Å². The summed E-state index contributed by atoms with van der Waals surface area (Å²) in [5.41, 5.74) is 3.33. The van der Waals surface area contributed by atoms with Crippen LogP contribution in [0.2, 0.25) is 0 Å². The SMILES string of the molecule is CCc1ccc(CC)c([C@@]2(C)CCN(C)C(C)[C@@]2(O)c2cccc(C(=O)OC)c2)c1. The minimum Gasteiger partial charge on any atom is -0.465 e. The van der Waals surface area contributed by atoms with Crippen LogP contribution in [0.15, 0.2) is 42.5 Å². The van der Waals surface area contributed by atoms with Crippen LogP contribution in [0, 0.1) is 0 Å². The van der Waals surface area contributed by atoms with Crippen molar-refractivity contribution in [3.63, 3.8) is 0 Å². The molecule has 2 aromatic rings. The number of piperidine rings is 1. The first-order chi connectivity index (χ1) is 14.2. The Morgan fingerprint density at radius 1 is 1.20 bits per heavy atom. The third kappa shape index (κ3) is 3.46. The number of ether oxygens (including phenoxy) is 1. The van der Waals surface area contributed by atoms with Crippen molar-refractivity contribution in [2.75, 3.05) is 20.7 Å². The quantitative estimate of drug-likeness (QED) is 0.741. The molecule has 0 radical (unpaired) electrons. The van der Waals surface area contributed by atoms with Crippen LogP contribution in [0.4, 0.5) is 0 Å². The Bertz CT molecular complexity index is 924. The molecule has 1 unspecified atom stereocenters. The average molecular weight is 410 g/mol. The molecule has 0 saturated carbocycles. The van der Waals surface area contributed by atoms with Crippen molar-refractivity contribution in [3.05, 3.63) is 70.3 Å². The van der Waals surface area contributed by atoms with Gasteiger partial charge in [-0.3, -0.25) is 0 Å². The number of hydrogen-bond donors (Lipinski definition) is 1. The number of hydrogen-bond acceptors (Lipinski definition) is 4. The zero-order valence-corrected chi connectivity index (χ0v) is 19.2. The molecule has 4 heteroatoms. The predicted octanol–water partition coefficient (Wildman–Crippen LogP) is 4.47. The van der Waals surface area contributed by atoms with Crippen molar-refractivity contribution in [2.45, 2.75) is 64.0 Å². The van der Waals surface area contributed by atoms with Crippen molar-refractivity contribution in [1.82, 2.24) is 4.90 Å². The second-order valence-electron chi connectivity index (χ2n) is 8.78. The maximum Gasteiger partial charge on any atom is 0.337 e. The zero-order chi connectivity index (χ0) is 22.1. The number of aryl methyl sites for hydroxylation is 2. The van der Waals surface area contributed by atoms with Gasteiger partial charge in [0.15, 0.2) is 0 Å². The largest absolute Gasteiger partial charge is 0.465 e. The Kier molecular flexibility index (Phi) is 6.40. The molecule has 2 aromatic carbocycles. The maximum atomic E-state index is 12.5. The molecule has 0 amide bonds. The normalized spacial score (nSPS) is 27.1. The topological polar surface area (TPSA) is 49.8 Å². The second-order valence-corrected chi connectivity index (χ2v) is 8.78. The Morgan fingerprint density at radius 3 is 2.57 bits per heavy atom. The van der Waals surface area contributed by atoms with Crippen molar-refractivity contribution in [2.24, 2.45) is 0 Å². The summed E-state index contributed by atoms with van der Waals surface area (Å²) in [7, 11) is 3.44. The molecule has 0 aromatic heterocycles. The molecule has 4 nitrogen and oxygen atoms in total. The van der Waals surface area contributed by atoms with E-state index in [2.05, 4.69) is 57.8 Å². The molecule has 0 spiro atoms. The van der Waals surface area contributed by atoms with Gasteiger partial charge in [-0.15, -0.1) is 0 Å². The lowest BCUT2D eigenvalue weighted by atomic mass is 9.57. The zero-order valence-electron chi connectivity index (χ0n) is 19.2. The highest BCUT2D eigenvalue weighted by Gasteiger charge is 2.56. The van der Waals surface area contributed by atoms with Crippen molar-refractivity contribution in [1.29, 1.82) is 0 Å². The molecule has 30 heavy (non-hydrogen) atoms. The fourth-order valence-electron chi connectivity index (χ4n) is 5.13. The minimum absolute atomic E-state index is 0.126. The van der Waals surface area contributed by atoms with Crippen molar-refractivity contribution >= 4 is 5.97 Å². The number of nitrogens with zero attached hydrogens (tertiary/aromatic N) is 1. The van der Waals surface area contributed by atoms with Crippen LogP contribution < -0.4 is 0 Å². The molecule has 0 bridgehead atoms. The summed E-state index contributed by atoms with van der Waals surface area (Å²) >= 11 is 0. The number of methoxy groups -OCH3 is 1. The maximum absolute atomic E-state index is 12.5. The molecule has 1 fully saturated rings. The number of aliphatic hydroxyl groups is 1. The van der Waals surface area contributed by atoms with Gasteiger partial charge in [-0.05, 0) is 74.2 Å². The molecule has 1 aliphatic rings. The van der Waals surface area contributed by atoms with E-state index in [1.807, 2.05) is 12.1 Å². The summed E-state index contributed by atoms with van der Waals surface area (Å²) in [4.78, 5) is 14.4. The standard InChI is InChI=1S/C26H35NO3/c1-7-19-12-13-20(8-2)23(16-19)25(4)14-15-27(5)18(3)26(25,29)22-11-9-10-21(17-22)24(28)30-6/h9-13,16-18,29H,7-8,14-15H2,1-6H3/t18?,25-,26-/m1/s1. The number of benzene rings is 2. The van der Waals surface area contributed by atoms with E-state index in [0.717, 1.165) is 31.4 Å². The van der Waals surface area contributed by atoms with Crippen LogP contribution >= 0.6 is 0 Å². The van der Waals surface area contributed by atoms with E-state index in [4.69, 9.17) is 4.74 Å². The van der Waals surface area contributed by atoms with Gasteiger partial charge >= 0.3 is 5.97 Å². The van der Waals surface area contributed by atoms with Gasteiger partial charge in [0.1, 0.15) is 5.60 Å². The molecule has 162 valence electrons. The van der Waals surface area contributed by atoms with E-state index >= 15 is 0 Å². The molecule has 3 rings (SSSR count). The van der Waals surface area contributed by atoms with Gasteiger partial charge in [-0.25, -0.2) is 4.79 Å². The van der Waals surface area contributed by atoms with E-state index < -0.39 is 11.0 Å². The molecular weight excluding hydrogens is 374 g/mol. The average Bonchev–Trinajstić information content (AvgIpc) is 2.79. The van der Waals surface area contributed by atoms with E-state index in [1.165, 1.54) is 23.8 Å². The number of rotatable bonds is 5. The van der Waals surface area contributed by atoms with Crippen LogP contribution in [0.5, 0.6) is 0 Å². The molecule has 0 aliphatic carbocycles. The number of carbonyl (C=O) groups is 1. The Balaban J connectivity index is 2.27. The first-order valence-corrected chi connectivity index (χ1v) is 11.0. The van der Waals surface area contributed by atoms with E-state index in [9.17, 15) is 9.90 Å². The van der Waals surface area contributed by atoms with Crippen LogP contribution in [0.1, 0.15) is 66.7 Å². The number of esters is 1. The smallest absolute Gasteiger partial charge is 0.337 e. The van der Waals surface area contributed by atoms with Crippen LogP contribution in [-0.4, -0.2) is 42.7 Å². The molecular formula is C26H35NO3. The van der Waals surface area contributed by atoms with Gasteiger partial charge < -0.3 is 14.7 Å². The molecule has 1 saturated heterocycles. The van der Waals surface area contributed by atoms with Crippen LogP contribution in [-0.2, 0) is 28.6 Å². The van der Waals surface area contributed by atoms with Crippen LogP contribution in [0.25, 0.3) is 0 Å². The Morgan fingerprint density at radius 2 is 1.93 bits per heavy atom. The second kappa shape index (κ2) is 8.52. The van der Waals surface area contributed by atoms with E-state index in [0.29, 0.717) is 5.56 Å². The summed E-state index contributed by atoms with van der Waals surface area (Å²) in [6.07, 6.45) is 2.70. The van der Waals surface area contributed by atoms with E-state index in [1.54, 1.807) is 12.1 Å². The highest BCUT2D eigenvalue weighted by Crippen LogP contribution is 2.52. The van der Waals surface area contributed by atoms with Gasteiger partial charge in [0.2, 0.25) is 0 Å². The highest BCUT2D eigenvalue weighted by molar-refractivity contribution is 5.89. The number of likely N-dealkylation sites (tertiary alicyclic amines) is 1. The first kappa shape index (κ1) is 22.5. The fraction of sp³-hybridized carbons (Fsp3) is 0.500. The molecule has 1 N–H and O–H groups in total. The predicted molar refractivity (Wildman–Crippen MR) is 121 cm³/mol. The van der Waals surface area contributed by atoms with Crippen LogP contribution in [0.3, 0.4) is 0 Å². The summed E-state index contributed by atoms with van der Waals surface area (Å²) < 4.78 is 4.93. The third-order valence-corrected chi connectivity index (χ3v) is 7.35. The summed E-state index contributed by atoms with van der Waals surface area (Å²) in [6, 6.07) is 13.9. The molecule has 1 heterocycles. The monoisotopic (exact) mass is 409 g/mol.